The second-order valence-corrected chi connectivity index (χ2v) is 4.61. The van der Waals surface area contributed by atoms with Crippen molar-refractivity contribution >= 4 is 17.3 Å². The highest BCUT2D eigenvalue weighted by Crippen LogP contribution is 2.37. The van der Waals surface area contributed by atoms with Crippen molar-refractivity contribution in [2.75, 3.05) is 7.11 Å². The number of carbonyl (C=O) groups is 1. The van der Waals surface area contributed by atoms with Gasteiger partial charge < -0.3 is 9.15 Å². The molecule has 0 bridgehead atoms. The maximum atomic E-state index is 11.1. The molecule has 0 aliphatic rings. The van der Waals surface area contributed by atoms with Crippen LogP contribution < -0.4 is 4.74 Å². The first kappa shape index (κ1) is 12.5. The van der Waals surface area contributed by atoms with E-state index in [4.69, 9.17) is 9.15 Å². The first-order valence-electron chi connectivity index (χ1n) is 6.36. The van der Waals surface area contributed by atoms with Crippen molar-refractivity contribution in [2.24, 2.45) is 0 Å². The molecule has 3 aromatic rings. The first-order chi connectivity index (χ1) is 9.74. The average Bonchev–Trinajstić information content (AvgIpc) is 2.81. The maximum Gasteiger partial charge on any atom is 0.153 e. The van der Waals surface area contributed by atoms with Gasteiger partial charge in [-0.15, -0.1) is 0 Å². The van der Waals surface area contributed by atoms with Crippen LogP contribution in [0.5, 0.6) is 5.75 Å². The molecule has 1 heterocycles. The summed E-state index contributed by atoms with van der Waals surface area (Å²) in [7, 11) is 1.56. The van der Waals surface area contributed by atoms with Crippen molar-refractivity contribution in [1.82, 2.24) is 0 Å². The Morgan fingerprint density at radius 2 is 1.90 bits per heavy atom. The molecule has 0 saturated carbocycles. The lowest BCUT2D eigenvalue weighted by atomic mass is 10.0. The van der Waals surface area contributed by atoms with Gasteiger partial charge in [0.1, 0.15) is 17.1 Å². The van der Waals surface area contributed by atoms with Gasteiger partial charge in [-0.3, -0.25) is 4.79 Å². The van der Waals surface area contributed by atoms with Gasteiger partial charge in [0.2, 0.25) is 0 Å². The summed E-state index contributed by atoms with van der Waals surface area (Å²) in [6.45, 7) is 1.93. The van der Waals surface area contributed by atoms with Crippen LogP contribution in [0, 0.1) is 6.92 Å². The fourth-order valence-corrected chi connectivity index (χ4v) is 2.49. The van der Waals surface area contributed by atoms with E-state index >= 15 is 0 Å². The molecule has 2 aromatic carbocycles. The minimum Gasteiger partial charge on any atom is -0.496 e. The number of methoxy groups -OCH3 is 1. The number of carbonyl (C=O) groups excluding carboxylic acids is 1. The van der Waals surface area contributed by atoms with E-state index in [-0.39, 0.29) is 0 Å². The van der Waals surface area contributed by atoms with E-state index < -0.39 is 0 Å². The van der Waals surface area contributed by atoms with Gasteiger partial charge in [-0.25, -0.2) is 0 Å². The molecule has 0 radical (unpaired) electrons. The van der Waals surface area contributed by atoms with Gasteiger partial charge in [-0.1, -0.05) is 30.3 Å². The van der Waals surface area contributed by atoms with Crippen LogP contribution in [0.4, 0.5) is 0 Å². The number of furan rings is 1. The predicted octanol–water partition coefficient (Wildman–Crippen LogP) is 4.23. The third-order valence-corrected chi connectivity index (χ3v) is 3.41. The van der Waals surface area contributed by atoms with Gasteiger partial charge in [-0.05, 0) is 24.6 Å². The molecule has 0 aliphatic carbocycles. The number of ether oxygens (including phenoxy) is 1. The van der Waals surface area contributed by atoms with E-state index in [1.165, 1.54) is 0 Å². The molecule has 0 amide bonds. The Hall–Kier alpha value is -2.55. The molecule has 0 spiro atoms. The number of aldehydes is 1. The van der Waals surface area contributed by atoms with E-state index in [9.17, 15) is 4.79 Å². The molecule has 0 aliphatic heterocycles. The summed E-state index contributed by atoms with van der Waals surface area (Å²) >= 11 is 0. The van der Waals surface area contributed by atoms with Crippen LogP contribution in [0.25, 0.3) is 22.1 Å². The molecule has 3 rings (SSSR count). The largest absolute Gasteiger partial charge is 0.496 e. The average molecular weight is 266 g/mol. The second kappa shape index (κ2) is 4.85. The molecular weight excluding hydrogens is 252 g/mol. The Labute approximate surface area is 116 Å². The van der Waals surface area contributed by atoms with Crippen molar-refractivity contribution in [2.45, 2.75) is 6.92 Å². The van der Waals surface area contributed by atoms with Gasteiger partial charge in [0.25, 0.3) is 0 Å². The molecule has 1 aromatic heterocycles. The molecular formula is C17H14O3. The van der Waals surface area contributed by atoms with Gasteiger partial charge in [0, 0.05) is 10.9 Å². The Balaban J connectivity index is 2.33. The SMILES string of the molecule is COc1cc2c(-c3ccccc3)c(C)oc2cc1C=O. The highest BCUT2D eigenvalue weighted by molar-refractivity contribution is 5.99. The number of fused-ring (bicyclic) bond motifs is 1. The van der Waals surface area contributed by atoms with Crippen molar-refractivity contribution in [1.29, 1.82) is 0 Å². The zero-order valence-corrected chi connectivity index (χ0v) is 11.3. The highest BCUT2D eigenvalue weighted by atomic mass is 16.5. The highest BCUT2D eigenvalue weighted by Gasteiger charge is 2.15. The molecule has 0 N–H and O–H groups in total. The number of hydrogen-bond acceptors (Lipinski definition) is 3. The topological polar surface area (TPSA) is 39.4 Å². The van der Waals surface area contributed by atoms with Crippen molar-refractivity contribution < 1.29 is 13.9 Å². The maximum absolute atomic E-state index is 11.1. The zero-order chi connectivity index (χ0) is 14.1. The summed E-state index contributed by atoms with van der Waals surface area (Å²) in [5.41, 5.74) is 3.32. The summed E-state index contributed by atoms with van der Waals surface area (Å²) < 4.78 is 11.1. The molecule has 0 atom stereocenters. The number of benzene rings is 2. The van der Waals surface area contributed by atoms with Crippen molar-refractivity contribution in [3.63, 3.8) is 0 Å². The zero-order valence-electron chi connectivity index (χ0n) is 11.3. The first-order valence-corrected chi connectivity index (χ1v) is 6.36. The van der Waals surface area contributed by atoms with E-state index in [0.717, 1.165) is 28.6 Å². The summed E-state index contributed by atoms with van der Waals surface area (Å²) in [5.74, 6) is 1.39. The lowest BCUT2D eigenvalue weighted by Gasteiger charge is -2.04. The van der Waals surface area contributed by atoms with Crippen molar-refractivity contribution in [3.8, 4) is 16.9 Å². The van der Waals surface area contributed by atoms with E-state index in [1.54, 1.807) is 13.2 Å². The summed E-state index contributed by atoms with van der Waals surface area (Å²) in [6.07, 6.45) is 0.776. The number of hydrogen-bond donors (Lipinski definition) is 0. The van der Waals surface area contributed by atoms with E-state index in [0.29, 0.717) is 16.9 Å². The summed E-state index contributed by atoms with van der Waals surface area (Å²) in [6, 6.07) is 13.6. The minimum atomic E-state index is 0.494. The molecule has 100 valence electrons. The Morgan fingerprint density at radius 3 is 2.55 bits per heavy atom. The normalized spacial score (nSPS) is 10.7. The standard InChI is InChI=1S/C17H14O3/c1-11-17(12-6-4-3-5-7-12)14-9-15(19-2)13(10-18)8-16(14)20-11/h3-10H,1-2H3. The Kier molecular flexibility index (Phi) is 3.03. The molecule has 0 unspecified atom stereocenters. The van der Waals surface area contributed by atoms with Crippen LogP contribution in [0.3, 0.4) is 0 Å². The van der Waals surface area contributed by atoms with Gasteiger partial charge >= 0.3 is 0 Å². The Bertz CT molecular complexity index is 770. The number of aryl methyl sites for hydroxylation is 1. The van der Waals surface area contributed by atoms with Crippen molar-refractivity contribution in [3.05, 3.63) is 53.8 Å². The van der Waals surface area contributed by atoms with Crippen LogP contribution >= 0.6 is 0 Å². The lowest BCUT2D eigenvalue weighted by Crippen LogP contribution is -1.90. The smallest absolute Gasteiger partial charge is 0.153 e. The van der Waals surface area contributed by atoms with E-state index in [2.05, 4.69) is 0 Å². The molecule has 3 nitrogen and oxygen atoms in total. The summed E-state index contributed by atoms with van der Waals surface area (Å²) in [4.78, 5) is 11.1. The fourth-order valence-electron chi connectivity index (χ4n) is 2.49. The minimum absolute atomic E-state index is 0.494. The van der Waals surface area contributed by atoms with E-state index in [1.807, 2.05) is 43.3 Å². The third-order valence-electron chi connectivity index (χ3n) is 3.41. The van der Waals surface area contributed by atoms with Crippen LogP contribution in [0.15, 0.2) is 46.9 Å². The quantitative estimate of drug-likeness (QED) is 0.666. The van der Waals surface area contributed by atoms with Crippen LogP contribution in [-0.4, -0.2) is 13.4 Å². The second-order valence-electron chi connectivity index (χ2n) is 4.61. The molecule has 3 heteroatoms. The lowest BCUT2D eigenvalue weighted by molar-refractivity contribution is 0.112. The van der Waals surface area contributed by atoms with Crippen LogP contribution in [-0.2, 0) is 0 Å². The Morgan fingerprint density at radius 1 is 1.15 bits per heavy atom. The number of rotatable bonds is 3. The third kappa shape index (κ3) is 1.88. The van der Waals surface area contributed by atoms with Gasteiger partial charge in [-0.2, -0.15) is 0 Å². The predicted molar refractivity (Wildman–Crippen MR) is 78.3 cm³/mol. The molecule has 0 fully saturated rings. The molecule has 20 heavy (non-hydrogen) atoms. The van der Waals surface area contributed by atoms with Gasteiger partial charge in [0.15, 0.2) is 6.29 Å². The van der Waals surface area contributed by atoms with Crippen LogP contribution in [0.2, 0.25) is 0 Å². The molecule has 0 saturated heterocycles. The fraction of sp³-hybridized carbons (Fsp3) is 0.118. The monoisotopic (exact) mass is 266 g/mol. The summed E-state index contributed by atoms with van der Waals surface area (Å²) in [5, 5.41) is 0.955. The van der Waals surface area contributed by atoms with Gasteiger partial charge in [0.05, 0.1) is 12.7 Å². The van der Waals surface area contributed by atoms with Crippen LogP contribution in [0.1, 0.15) is 16.1 Å².